The minimum absolute atomic E-state index is 0.175. The van der Waals surface area contributed by atoms with Crippen LogP contribution in [-0.4, -0.2) is 42.3 Å². The van der Waals surface area contributed by atoms with Gasteiger partial charge in [0.1, 0.15) is 0 Å². The van der Waals surface area contributed by atoms with E-state index in [4.69, 9.17) is 10.2 Å². The summed E-state index contributed by atoms with van der Waals surface area (Å²) in [5.41, 5.74) is 5.74. The Labute approximate surface area is 89.3 Å². The van der Waals surface area contributed by atoms with Crippen LogP contribution in [-0.2, 0) is 0 Å². The Hall–Kier alpha value is -1.20. The lowest BCUT2D eigenvalue weighted by Gasteiger charge is -2.11. The third-order valence-corrected chi connectivity index (χ3v) is 2.13. The van der Waals surface area contributed by atoms with Crippen molar-refractivity contribution in [1.82, 2.24) is 9.88 Å². The summed E-state index contributed by atoms with van der Waals surface area (Å²) in [6.07, 6.45) is 4.19. The lowest BCUT2D eigenvalue weighted by molar-refractivity contribution is 0.0927. The van der Waals surface area contributed by atoms with Crippen molar-refractivity contribution < 1.29 is 9.21 Å². The first-order valence-electron chi connectivity index (χ1n) is 4.94. The minimum atomic E-state index is -0.488. The van der Waals surface area contributed by atoms with E-state index in [9.17, 15) is 4.79 Å². The highest BCUT2D eigenvalue weighted by atomic mass is 16.3. The van der Waals surface area contributed by atoms with Crippen LogP contribution in [0.25, 0.3) is 0 Å². The van der Waals surface area contributed by atoms with Crippen molar-refractivity contribution in [1.29, 1.82) is 0 Å². The molecule has 0 aliphatic rings. The molecule has 1 aromatic rings. The Morgan fingerprint density at radius 2 is 2.40 bits per heavy atom. The molecule has 2 N–H and O–H groups in total. The smallest absolute Gasteiger partial charge is 0.216 e. The maximum absolute atomic E-state index is 11.6. The van der Waals surface area contributed by atoms with Crippen LogP contribution in [0.15, 0.2) is 17.0 Å². The van der Waals surface area contributed by atoms with E-state index >= 15 is 0 Å². The van der Waals surface area contributed by atoms with Crippen LogP contribution in [0.5, 0.6) is 0 Å². The number of oxazole rings is 1. The van der Waals surface area contributed by atoms with Crippen molar-refractivity contribution in [2.45, 2.75) is 18.9 Å². The highest BCUT2D eigenvalue weighted by Gasteiger charge is 2.18. The number of carbonyl (C=O) groups is 1. The fourth-order valence-electron chi connectivity index (χ4n) is 1.28. The van der Waals surface area contributed by atoms with E-state index in [1.54, 1.807) is 0 Å². The zero-order chi connectivity index (χ0) is 11.3. The molecule has 0 spiro atoms. The first-order valence-corrected chi connectivity index (χ1v) is 4.94. The Balaban J connectivity index is 2.34. The number of nitrogens with two attached hydrogens (primary N) is 1. The van der Waals surface area contributed by atoms with Gasteiger partial charge in [-0.3, -0.25) is 4.79 Å². The summed E-state index contributed by atoms with van der Waals surface area (Å²) in [6, 6.07) is -0.488. The standard InChI is InChI=1S/C10H17N3O2/c1-13(2)5-3-4-8(11)10(14)9-6-12-7-15-9/h6-8H,3-5,11H2,1-2H3. The van der Waals surface area contributed by atoms with E-state index in [1.807, 2.05) is 14.1 Å². The molecule has 0 saturated carbocycles. The summed E-state index contributed by atoms with van der Waals surface area (Å²) in [6.45, 7) is 0.928. The molecule has 0 aliphatic heterocycles. The Kier molecular flexibility index (Phi) is 4.45. The van der Waals surface area contributed by atoms with Crippen LogP contribution in [0.1, 0.15) is 23.4 Å². The van der Waals surface area contributed by atoms with Crippen molar-refractivity contribution in [2.24, 2.45) is 5.73 Å². The number of ketones is 1. The third-order valence-electron chi connectivity index (χ3n) is 2.13. The molecule has 1 heterocycles. The first kappa shape index (κ1) is 11.9. The second-order valence-corrected chi connectivity index (χ2v) is 3.78. The average Bonchev–Trinajstić information content (AvgIpc) is 2.68. The Morgan fingerprint density at radius 3 is 2.93 bits per heavy atom. The lowest BCUT2D eigenvalue weighted by Crippen LogP contribution is -2.31. The normalized spacial score (nSPS) is 13.1. The highest BCUT2D eigenvalue weighted by molar-refractivity contribution is 5.97. The van der Waals surface area contributed by atoms with Gasteiger partial charge >= 0.3 is 0 Å². The van der Waals surface area contributed by atoms with Crippen LogP contribution >= 0.6 is 0 Å². The molecule has 5 heteroatoms. The van der Waals surface area contributed by atoms with E-state index in [1.165, 1.54) is 12.6 Å². The number of carbonyl (C=O) groups excluding carboxylic acids is 1. The number of Topliss-reactive ketones (excluding diaryl/α,β-unsaturated/α-hetero) is 1. The molecule has 1 rings (SSSR count). The van der Waals surface area contributed by atoms with E-state index < -0.39 is 6.04 Å². The summed E-state index contributed by atoms with van der Waals surface area (Å²) in [5.74, 6) is 0.0682. The number of hydrogen-bond donors (Lipinski definition) is 1. The molecule has 84 valence electrons. The average molecular weight is 211 g/mol. The zero-order valence-corrected chi connectivity index (χ0v) is 9.14. The molecule has 1 unspecified atom stereocenters. The molecule has 0 aromatic carbocycles. The first-order chi connectivity index (χ1) is 7.11. The van der Waals surface area contributed by atoms with E-state index in [0.29, 0.717) is 6.42 Å². The van der Waals surface area contributed by atoms with Gasteiger partial charge in [0.15, 0.2) is 12.2 Å². The molecule has 0 aliphatic carbocycles. The van der Waals surface area contributed by atoms with Gasteiger partial charge in [-0.05, 0) is 33.5 Å². The van der Waals surface area contributed by atoms with Gasteiger partial charge in [-0.15, -0.1) is 0 Å². The number of aromatic nitrogens is 1. The molecule has 0 bridgehead atoms. The third kappa shape index (κ3) is 3.81. The van der Waals surface area contributed by atoms with Gasteiger partial charge in [0.25, 0.3) is 0 Å². The molecule has 15 heavy (non-hydrogen) atoms. The SMILES string of the molecule is CN(C)CCCC(N)C(=O)c1cnco1. The van der Waals surface area contributed by atoms with Crippen LogP contribution in [0.4, 0.5) is 0 Å². The Bertz CT molecular complexity index is 296. The van der Waals surface area contributed by atoms with E-state index in [-0.39, 0.29) is 11.5 Å². The van der Waals surface area contributed by atoms with Gasteiger partial charge in [0, 0.05) is 0 Å². The number of hydrogen-bond acceptors (Lipinski definition) is 5. The van der Waals surface area contributed by atoms with Crippen LogP contribution in [0.3, 0.4) is 0 Å². The van der Waals surface area contributed by atoms with Crippen molar-refractivity contribution in [3.63, 3.8) is 0 Å². The lowest BCUT2D eigenvalue weighted by atomic mass is 10.1. The van der Waals surface area contributed by atoms with Crippen molar-refractivity contribution in [3.05, 3.63) is 18.4 Å². The molecule has 1 aromatic heterocycles. The van der Waals surface area contributed by atoms with Gasteiger partial charge in [-0.2, -0.15) is 0 Å². The summed E-state index contributed by atoms with van der Waals surface area (Å²) in [5, 5.41) is 0. The topological polar surface area (TPSA) is 72.4 Å². The molecule has 1 atom stereocenters. The molecular weight excluding hydrogens is 194 g/mol. The quantitative estimate of drug-likeness (QED) is 0.695. The fourth-order valence-corrected chi connectivity index (χ4v) is 1.28. The second-order valence-electron chi connectivity index (χ2n) is 3.78. The predicted molar refractivity (Wildman–Crippen MR) is 56.6 cm³/mol. The second kappa shape index (κ2) is 5.63. The summed E-state index contributed by atoms with van der Waals surface area (Å²) in [4.78, 5) is 17.4. The van der Waals surface area contributed by atoms with Gasteiger partial charge < -0.3 is 15.1 Å². The molecule has 0 fully saturated rings. The largest absolute Gasteiger partial charge is 0.440 e. The van der Waals surface area contributed by atoms with E-state index in [2.05, 4.69) is 9.88 Å². The van der Waals surface area contributed by atoms with Crippen LogP contribution in [0.2, 0.25) is 0 Å². The van der Waals surface area contributed by atoms with Gasteiger partial charge in [0.05, 0.1) is 12.2 Å². The van der Waals surface area contributed by atoms with Crippen LogP contribution < -0.4 is 5.73 Å². The number of nitrogens with zero attached hydrogens (tertiary/aromatic N) is 2. The van der Waals surface area contributed by atoms with Gasteiger partial charge in [-0.25, -0.2) is 4.98 Å². The monoisotopic (exact) mass is 211 g/mol. The molecule has 0 amide bonds. The maximum atomic E-state index is 11.6. The molecule has 5 nitrogen and oxygen atoms in total. The van der Waals surface area contributed by atoms with Gasteiger partial charge in [-0.1, -0.05) is 0 Å². The molecule has 0 radical (unpaired) electrons. The van der Waals surface area contributed by atoms with Crippen molar-refractivity contribution in [3.8, 4) is 0 Å². The zero-order valence-electron chi connectivity index (χ0n) is 9.14. The van der Waals surface area contributed by atoms with Crippen molar-refractivity contribution in [2.75, 3.05) is 20.6 Å². The summed E-state index contributed by atoms with van der Waals surface area (Å²) < 4.78 is 4.89. The highest BCUT2D eigenvalue weighted by Crippen LogP contribution is 2.05. The van der Waals surface area contributed by atoms with Crippen LogP contribution in [0, 0.1) is 0 Å². The predicted octanol–water partition coefficient (Wildman–Crippen LogP) is 0.526. The summed E-state index contributed by atoms with van der Waals surface area (Å²) >= 11 is 0. The van der Waals surface area contributed by atoms with Gasteiger partial charge in [0.2, 0.25) is 5.78 Å². The molecular formula is C10H17N3O2. The molecule has 0 saturated heterocycles. The van der Waals surface area contributed by atoms with Crippen molar-refractivity contribution >= 4 is 5.78 Å². The summed E-state index contributed by atoms with van der Waals surface area (Å²) in [7, 11) is 3.98. The minimum Gasteiger partial charge on any atom is -0.440 e. The Morgan fingerprint density at radius 1 is 1.67 bits per heavy atom. The number of rotatable bonds is 6. The fraction of sp³-hybridized carbons (Fsp3) is 0.600. The maximum Gasteiger partial charge on any atom is 0.216 e. The van der Waals surface area contributed by atoms with E-state index in [0.717, 1.165) is 13.0 Å².